The average molecular weight is 646 g/mol. The van der Waals surface area contributed by atoms with Crippen LogP contribution in [-0.4, -0.2) is 51.5 Å². The van der Waals surface area contributed by atoms with Crippen LogP contribution in [0.4, 0.5) is 0 Å². The second-order valence-electron chi connectivity index (χ2n) is 15.9. The molecule has 0 radical (unpaired) electrons. The summed E-state index contributed by atoms with van der Waals surface area (Å²) in [6, 6.07) is 0. The highest BCUT2D eigenvalue weighted by molar-refractivity contribution is 4.88. The number of unbranched alkanes of at least 4 members (excludes halogenated alkanes) is 17. The average Bonchev–Trinajstić information content (AvgIpc) is 3.97. The summed E-state index contributed by atoms with van der Waals surface area (Å²) in [6.07, 6.45) is 44.5. The highest BCUT2D eigenvalue weighted by Gasteiger charge is 2.35. The number of allylic oxidation sites excluding steroid dienone is 2. The molecule has 0 aromatic carbocycles. The molecule has 0 bridgehead atoms. The fourth-order valence-electron chi connectivity index (χ4n) is 7.69. The third-order valence-electron chi connectivity index (χ3n) is 11.0. The second kappa shape index (κ2) is 29.5. The van der Waals surface area contributed by atoms with Gasteiger partial charge in [-0.25, -0.2) is 0 Å². The van der Waals surface area contributed by atoms with Gasteiger partial charge in [0, 0.05) is 19.8 Å². The van der Waals surface area contributed by atoms with Crippen LogP contribution in [0.3, 0.4) is 0 Å². The zero-order valence-corrected chi connectivity index (χ0v) is 31.9. The molecule has 0 aromatic rings. The minimum absolute atomic E-state index is 0.189. The zero-order chi connectivity index (χ0) is 32.9. The molecular formula is C43H83NO2. The largest absolute Gasteiger partial charge is 0.379 e. The fraction of sp³-hybridized carbons (Fsp3) is 0.953. The molecule has 0 aliphatic heterocycles. The second-order valence-corrected chi connectivity index (χ2v) is 15.9. The zero-order valence-electron chi connectivity index (χ0n) is 31.9. The Balaban J connectivity index is 1.32. The molecule has 2 saturated carbocycles. The summed E-state index contributed by atoms with van der Waals surface area (Å²) >= 11 is 0. The maximum atomic E-state index is 6.24. The molecule has 3 heteroatoms. The van der Waals surface area contributed by atoms with Crippen LogP contribution >= 0.6 is 0 Å². The van der Waals surface area contributed by atoms with Crippen LogP contribution in [0.15, 0.2) is 12.2 Å². The predicted molar refractivity (Wildman–Crippen MR) is 203 cm³/mol. The number of hydrogen-bond acceptors (Lipinski definition) is 3. The molecule has 2 fully saturated rings. The van der Waals surface area contributed by atoms with Crippen LogP contribution in [0.25, 0.3) is 0 Å². The Morgan fingerprint density at radius 1 is 0.522 bits per heavy atom. The van der Waals surface area contributed by atoms with Gasteiger partial charge in [-0.2, -0.15) is 0 Å². The Hall–Kier alpha value is -0.380. The minimum Gasteiger partial charge on any atom is -0.379 e. The van der Waals surface area contributed by atoms with Crippen molar-refractivity contribution in [2.45, 2.75) is 200 Å². The molecule has 2 rings (SSSR count). The smallest absolute Gasteiger partial charge is 0.0934 e. The van der Waals surface area contributed by atoms with Crippen molar-refractivity contribution in [3.63, 3.8) is 0 Å². The van der Waals surface area contributed by atoms with E-state index >= 15 is 0 Å². The first kappa shape index (κ1) is 41.8. The highest BCUT2D eigenvalue weighted by Crippen LogP contribution is 2.46. The van der Waals surface area contributed by atoms with Gasteiger partial charge in [0.15, 0.2) is 0 Å². The summed E-state index contributed by atoms with van der Waals surface area (Å²) < 4.78 is 12.3. The van der Waals surface area contributed by atoms with E-state index in [9.17, 15) is 0 Å². The predicted octanol–water partition coefficient (Wildman–Crippen LogP) is 13.0. The van der Waals surface area contributed by atoms with Crippen molar-refractivity contribution in [1.82, 2.24) is 4.90 Å². The Labute approximate surface area is 289 Å². The molecule has 3 nitrogen and oxygen atoms in total. The molecule has 272 valence electrons. The van der Waals surface area contributed by atoms with Crippen LogP contribution in [0.5, 0.6) is 0 Å². The van der Waals surface area contributed by atoms with Crippen molar-refractivity contribution < 1.29 is 9.47 Å². The van der Waals surface area contributed by atoms with E-state index in [0.717, 1.165) is 62.9 Å². The van der Waals surface area contributed by atoms with Crippen molar-refractivity contribution >= 4 is 0 Å². The van der Waals surface area contributed by atoms with E-state index in [1.165, 1.54) is 161 Å². The number of ether oxygens (including phenoxy) is 2. The van der Waals surface area contributed by atoms with E-state index in [1.807, 2.05) is 0 Å². The third kappa shape index (κ3) is 24.7. The molecule has 0 N–H and O–H groups in total. The molecule has 2 aliphatic rings. The van der Waals surface area contributed by atoms with E-state index in [4.69, 9.17) is 9.47 Å². The van der Waals surface area contributed by atoms with Gasteiger partial charge in [-0.15, -0.1) is 0 Å². The summed E-state index contributed by atoms with van der Waals surface area (Å²) in [6.45, 7) is 8.02. The van der Waals surface area contributed by atoms with Crippen LogP contribution in [0.1, 0.15) is 194 Å². The lowest BCUT2D eigenvalue weighted by atomic mass is 10.0. The summed E-state index contributed by atoms with van der Waals surface area (Å²) in [5, 5.41) is 0. The van der Waals surface area contributed by atoms with Crippen LogP contribution in [-0.2, 0) is 9.47 Å². The Morgan fingerprint density at radius 2 is 0.957 bits per heavy atom. The molecule has 5 unspecified atom stereocenters. The lowest BCUT2D eigenvalue weighted by Crippen LogP contribution is -2.32. The van der Waals surface area contributed by atoms with Gasteiger partial charge >= 0.3 is 0 Å². The molecule has 0 saturated heterocycles. The van der Waals surface area contributed by atoms with Crippen LogP contribution in [0.2, 0.25) is 0 Å². The van der Waals surface area contributed by atoms with Crippen molar-refractivity contribution in [3.05, 3.63) is 12.2 Å². The topological polar surface area (TPSA) is 21.7 Å². The molecule has 46 heavy (non-hydrogen) atoms. The highest BCUT2D eigenvalue weighted by atomic mass is 16.5. The molecule has 0 heterocycles. The summed E-state index contributed by atoms with van der Waals surface area (Å²) in [5.41, 5.74) is 0. The number of likely N-dealkylation sites (N-methyl/N-ethyl adjacent to an activating group) is 1. The maximum Gasteiger partial charge on any atom is 0.0934 e. The summed E-state index contributed by atoms with van der Waals surface area (Å²) in [7, 11) is 4.27. The van der Waals surface area contributed by atoms with Crippen molar-refractivity contribution in [2.24, 2.45) is 23.7 Å². The van der Waals surface area contributed by atoms with Crippen LogP contribution < -0.4 is 0 Å². The Kier molecular flexibility index (Phi) is 26.8. The first-order valence-corrected chi connectivity index (χ1v) is 21.1. The molecule has 0 spiro atoms. The van der Waals surface area contributed by atoms with Crippen molar-refractivity contribution in [3.8, 4) is 0 Å². The van der Waals surface area contributed by atoms with Gasteiger partial charge in [0.2, 0.25) is 0 Å². The van der Waals surface area contributed by atoms with Crippen molar-refractivity contribution in [2.75, 3.05) is 40.5 Å². The van der Waals surface area contributed by atoms with Crippen molar-refractivity contribution in [1.29, 1.82) is 0 Å². The summed E-state index contributed by atoms with van der Waals surface area (Å²) in [5.74, 6) is 4.32. The van der Waals surface area contributed by atoms with E-state index < -0.39 is 0 Å². The SMILES string of the molecule is CCCCCCCCC1CC1CCCC=CCCCOC(COCCCCCCCCC1CC1CCCCCCCC)CN(C)C. The van der Waals surface area contributed by atoms with Gasteiger partial charge in [0.05, 0.1) is 12.7 Å². The van der Waals surface area contributed by atoms with Gasteiger partial charge < -0.3 is 14.4 Å². The molecule has 5 atom stereocenters. The normalized spacial score (nSPS) is 21.5. The summed E-state index contributed by atoms with van der Waals surface area (Å²) in [4.78, 5) is 2.23. The Bertz CT molecular complexity index is 678. The van der Waals surface area contributed by atoms with Gasteiger partial charge in [-0.05, 0) is 89.1 Å². The first-order valence-electron chi connectivity index (χ1n) is 21.1. The van der Waals surface area contributed by atoms with E-state index in [-0.39, 0.29) is 6.10 Å². The van der Waals surface area contributed by atoms with Gasteiger partial charge in [-0.1, -0.05) is 154 Å². The number of nitrogens with zero attached hydrogens (tertiary/aromatic N) is 1. The monoisotopic (exact) mass is 646 g/mol. The van der Waals surface area contributed by atoms with Gasteiger partial charge in [-0.3, -0.25) is 0 Å². The van der Waals surface area contributed by atoms with Gasteiger partial charge in [0.1, 0.15) is 0 Å². The van der Waals surface area contributed by atoms with E-state index in [0.29, 0.717) is 0 Å². The fourth-order valence-corrected chi connectivity index (χ4v) is 7.69. The molecular weight excluding hydrogens is 562 g/mol. The third-order valence-corrected chi connectivity index (χ3v) is 11.0. The van der Waals surface area contributed by atoms with Gasteiger partial charge in [0.25, 0.3) is 0 Å². The lowest BCUT2D eigenvalue weighted by molar-refractivity contribution is -0.0281. The lowest BCUT2D eigenvalue weighted by Gasteiger charge is -2.21. The maximum absolute atomic E-state index is 6.24. The quantitative estimate of drug-likeness (QED) is 0.0500. The van der Waals surface area contributed by atoms with E-state index in [1.54, 1.807) is 6.42 Å². The Morgan fingerprint density at radius 3 is 1.46 bits per heavy atom. The van der Waals surface area contributed by atoms with E-state index in [2.05, 4.69) is 45.0 Å². The number of rotatable bonds is 36. The molecule has 0 aromatic heterocycles. The number of hydrogen-bond donors (Lipinski definition) is 0. The van der Waals surface area contributed by atoms with Crippen LogP contribution in [0, 0.1) is 23.7 Å². The standard InChI is InChI=1S/C43H83NO2/c1-5-7-9-11-17-23-29-39-35-41(39)31-25-19-13-15-21-27-33-45-38-43(37-44(3)4)46-34-28-22-16-14-20-26-32-42-36-40(42)30-24-18-12-10-8-6-2/h14,16,39-43H,5-13,15,17-38H2,1-4H3. The first-order chi connectivity index (χ1) is 22.6. The minimum atomic E-state index is 0.189. The molecule has 2 aliphatic carbocycles. The molecule has 0 amide bonds.